The van der Waals surface area contributed by atoms with E-state index in [1.807, 2.05) is 0 Å². The van der Waals surface area contributed by atoms with Crippen LogP contribution in [0.4, 0.5) is 21.5 Å². The molecule has 0 unspecified atom stereocenters. The molecule has 0 aliphatic heterocycles. The van der Waals surface area contributed by atoms with Gasteiger partial charge in [0.1, 0.15) is 11.2 Å². The maximum Gasteiger partial charge on any atom is 0.240 e. The van der Waals surface area contributed by atoms with Gasteiger partial charge in [0.25, 0.3) is 0 Å². The Morgan fingerprint density at radius 2 is 1.50 bits per heavy atom. The molecule has 2 aromatic carbocycles. The number of amides is 3. The molecule has 3 rings (SSSR count). The summed E-state index contributed by atoms with van der Waals surface area (Å²) in [6.07, 6.45) is 0.787. The summed E-state index contributed by atoms with van der Waals surface area (Å²) in [5.41, 5.74) is -0.154. The van der Waals surface area contributed by atoms with Crippen LogP contribution in [0.3, 0.4) is 0 Å². The topological polar surface area (TPSA) is 87.3 Å². The highest BCUT2D eigenvalue weighted by atomic mass is 19.1. The van der Waals surface area contributed by atoms with Crippen LogP contribution in [0.5, 0.6) is 0 Å². The van der Waals surface area contributed by atoms with Crippen molar-refractivity contribution in [2.24, 2.45) is 5.41 Å². The molecule has 0 atom stereocenters. The van der Waals surface area contributed by atoms with Crippen molar-refractivity contribution in [1.29, 1.82) is 0 Å². The molecule has 1 saturated carbocycles. The summed E-state index contributed by atoms with van der Waals surface area (Å²) in [6.45, 7) is 1.39. The Bertz CT molecular complexity index is 878. The lowest BCUT2D eigenvalue weighted by Crippen LogP contribution is -2.35. The highest BCUT2D eigenvalue weighted by molar-refractivity contribution is 6.17. The second kappa shape index (κ2) is 6.95. The van der Waals surface area contributed by atoms with Crippen molar-refractivity contribution >= 4 is 34.8 Å². The normalized spacial score (nSPS) is 14.2. The second-order valence-electron chi connectivity index (χ2n) is 6.23. The number of para-hydroxylation sites is 1. The van der Waals surface area contributed by atoms with E-state index in [-0.39, 0.29) is 11.6 Å². The first-order valence-electron chi connectivity index (χ1n) is 8.16. The van der Waals surface area contributed by atoms with E-state index in [1.54, 1.807) is 30.3 Å². The molecular weight excluding hydrogens is 337 g/mol. The van der Waals surface area contributed by atoms with Crippen LogP contribution in [0.1, 0.15) is 19.8 Å². The van der Waals surface area contributed by atoms with E-state index in [4.69, 9.17) is 0 Å². The zero-order valence-electron chi connectivity index (χ0n) is 14.1. The van der Waals surface area contributed by atoms with Crippen LogP contribution in [0.15, 0.2) is 48.5 Å². The summed E-state index contributed by atoms with van der Waals surface area (Å²) in [6, 6.07) is 12.4. The van der Waals surface area contributed by atoms with E-state index in [0.29, 0.717) is 24.2 Å². The summed E-state index contributed by atoms with van der Waals surface area (Å²) in [4.78, 5) is 36.2. The van der Waals surface area contributed by atoms with Crippen molar-refractivity contribution in [3.63, 3.8) is 0 Å². The largest absolute Gasteiger partial charge is 0.326 e. The lowest BCUT2D eigenvalue weighted by atomic mass is 10.0. The Labute approximate surface area is 149 Å². The molecule has 134 valence electrons. The molecular formula is C19H18FN3O3. The van der Waals surface area contributed by atoms with Gasteiger partial charge in [0.2, 0.25) is 17.7 Å². The van der Waals surface area contributed by atoms with Gasteiger partial charge < -0.3 is 16.0 Å². The van der Waals surface area contributed by atoms with Gasteiger partial charge in [0, 0.05) is 18.3 Å². The van der Waals surface area contributed by atoms with Crippen molar-refractivity contribution in [3.05, 3.63) is 54.3 Å². The Hall–Kier alpha value is -3.22. The molecule has 2 aromatic rings. The van der Waals surface area contributed by atoms with Crippen LogP contribution in [0.25, 0.3) is 0 Å². The molecule has 7 heteroatoms. The molecule has 3 N–H and O–H groups in total. The SMILES string of the molecule is CC(=O)Nc1cccc(NC(=O)C2(C(=O)Nc3ccccc3F)CC2)c1. The van der Waals surface area contributed by atoms with Gasteiger partial charge in [-0.05, 0) is 43.2 Å². The predicted molar refractivity (Wildman–Crippen MR) is 96.1 cm³/mol. The molecule has 0 aromatic heterocycles. The highest BCUT2D eigenvalue weighted by Crippen LogP contribution is 2.47. The first-order valence-corrected chi connectivity index (χ1v) is 8.16. The summed E-state index contributed by atoms with van der Waals surface area (Å²) < 4.78 is 13.7. The fourth-order valence-electron chi connectivity index (χ4n) is 2.62. The maximum atomic E-state index is 13.7. The van der Waals surface area contributed by atoms with Crippen LogP contribution in [0.2, 0.25) is 0 Å². The van der Waals surface area contributed by atoms with Crippen LogP contribution < -0.4 is 16.0 Å². The van der Waals surface area contributed by atoms with Gasteiger partial charge in [0.05, 0.1) is 5.69 Å². The number of halogens is 1. The van der Waals surface area contributed by atoms with Crippen molar-refractivity contribution in [1.82, 2.24) is 0 Å². The average Bonchev–Trinajstić information content (AvgIpc) is 3.38. The smallest absolute Gasteiger partial charge is 0.240 e. The molecule has 1 aliphatic carbocycles. The molecule has 0 saturated heterocycles. The quantitative estimate of drug-likeness (QED) is 0.720. The van der Waals surface area contributed by atoms with Gasteiger partial charge in [0.15, 0.2) is 0 Å². The molecule has 1 fully saturated rings. The number of nitrogens with one attached hydrogen (secondary N) is 3. The Morgan fingerprint density at radius 1 is 0.885 bits per heavy atom. The van der Waals surface area contributed by atoms with Crippen LogP contribution in [-0.4, -0.2) is 17.7 Å². The second-order valence-corrected chi connectivity index (χ2v) is 6.23. The van der Waals surface area contributed by atoms with Crippen LogP contribution >= 0.6 is 0 Å². The number of hydrogen-bond donors (Lipinski definition) is 3. The zero-order valence-corrected chi connectivity index (χ0v) is 14.1. The minimum atomic E-state index is -1.20. The molecule has 0 heterocycles. The first-order chi connectivity index (χ1) is 12.4. The predicted octanol–water partition coefficient (Wildman–Crippen LogP) is 3.14. The number of benzene rings is 2. The van der Waals surface area contributed by atoms with Gasteiger partial charge in [-0.2, -0.15) is 0 Å². The summed E-state index contributed by atoms with van der Waals surface area (Å²) in [5, 5.41) is 7.80. The van der Waals surface area contributed by atoms with Gasteiger partial charge >= 0.3 is 0 Å². The van der Waals surface area contributed by atoms with Gasteiger partial charge in [-0.25, -0.2) is 4.39 Å². The third-order valence-corrected chi connectivity index (χ3v) is 4.18. The average molecular weight is 355 g/mol. The van der Waals surface area contributed by atoms with E-state index in [2.05, 4.69) is 16.0 Å². The number of carbonyl (C=O) groups is 3. The first kappa shape index (κ1) is 17.6. The van der Waals surface area contributed by atoms with E-state index >= 15 is 0 Å². The van der Waals surface area contributed by atoms with Crippen molar-refractivity contribution < 1.29 is 18.8 Å². The fraction of sp³-hybridized carbons (Fsp3) is 0.211. The highest BCUT2D eigenvalue weighted by Gasteiger charge is 2.56. The number of anilines is 3. The Balaban J connectivity index is 1.70. The molecule has 0 radical (unpaired) electrons. The molecule has 0 spiro atoms. The maximum absolute atomic E-state index is 13.7. The van der Waals surface area contributed by atoms with Gasteiger partial charge in [-0.3, -0.25) is 14.4 Å². The van der Waals surface area contributed by atoms with E-state index < -0.39 is 23.0 Å². The molecule has 3 amide bonds. The monoisotopic (exact) mass is 355 g/mol. The van der Waals surface area contributed by atoms with E-state index in [9.17, 15) is 18.8 Å². The summed E-state index contributed by atoms with van der Waals surface area (Å²) in [7, 11) is 0. The van der Waals surface area contributed by atoms with Gasteiger partial charge in [-0.15, -0.1) is 0 Å². The van der Waals surface area contributed by atoms with Crippen molar-refractivity contribution in [2.75, 3.05) is 16.0 Å². The fourth-order valence-corrected chi connectivity index (χ4v) is 2.62. The standard InChI is InChI=1S/C19H18FN3O3/c1-12(24)21-13-5-4-6-14(11-13)22-17(25)19(9-10-19)18(26)23-16-8-3-2-7-15(16)20/h2-8,11H,9-10H2,1H3,(H,21,24)(H,22,25)(H,23,26). The third-order valence-electron chi connectivity index (χ3n) is 4.18. The van der Waals surface area contributed by atoms with Crippen molar-refractivity contribution in [3.8, 4) is 0 Å². The van der Waals surface area contributed by atoms with Crippen LogP contribution in [-0.2, 0) is 14.4 Å². The lowest BCUT2D eigenvalue weighted by Gasteiger charge is -2.16. The van der Waals surface area contributed by atoms with Crippen LogP contribution in [0, 0.1) is 11.2 Å². The number of rotatable bonds is 5. The number of hydrogen-bond acceptors (Lipinski definition) is 3. The van der Waals surface area contributed by atoms with Crippen molar-refractivity contribution in [2.45, 2.75) is 19.8 Å². The molecule has 0 bridgehead atoms. The zero-order chi connectivity index (χ0) is 18.7. The summed E-state index contributed by atoms with van der Waals surface area (Å²) >= 11 is 0. The van der Waals surface area contributed by atoms with E-state index in [1.165, 1.54) is 25.1 Å². The third kappa shape index (κ3) is 3.72. The molecule has 1 aliphatic rings. The Morgan fingerprint density at radius 3 is 2.12 bits per heavy atom. The lowest BCUT2D eigenvalue weighted by molar-refractivity contribution is -0.131. The van der Waals surface area contributed by atoms with E-state index in [0.717, 1.165) is 0 Å². The molecule has 26 heavy (non-hydrogen) atoms. The minimum Gasteiger partial charge on any atom is -0.326 e. The summed E-state index contributed by atoms with van der Waals surface area (Å²) in [5.74, 6) is -1.76. The Kier molecular flexibility index (Phi) is 4.71. The number of carbonyl (C=O) groups excluding carboxylic acids is 3. The van der Waals surface area contributed by atoms with Gasteiger partial charge in [-0.1, -0.05) is 18.2 Å². The minimum absolute atomic E-state index is 0.0456. The molecule has 6 nitrogen and oxygen atoms in total.